The van der Waals surface area contributed by atoms with Crippen molar-refractivity contribution in [2.75, 3.05) is 18.0 Å². The van der Waals surface area contributed by atoms with Gasteiger partial charge in [-0.15, -0.1) is 0 Å². The van der Waals surface area contributed by atoms with Crippen molar-refractivity contribution in [3.05, 3.63) is 36.4 Å². The number of rotatable bonds is 3. The number of H-pyrrole nitrogens is 1. The van der Waals surface area contributed by atoms with Crippen LogP contribution in [0.2, 0.25) is 0 Å². The zero-order valence-electron chi connectivity index (χ0n) is 15.3. The van der Waals surface area contributed by atoms with E-state index in [9.17, 15) is 8.78 Å². The summed E-state index contributed by atoms with van der Waals surface area (Å²) in [6.45, 7) is 1.36. The molecule has 0 radical (unpaired) electrons. The van der Waals surface area contributed by atoms with Crippen molar-refractivity contribution in [3.63, 3.8) is 0 Å². The summed E-state index contributed by atoms with van der Waals surface area (Å²) in [6.07, 6.45) is 1.08. The molecule has 8 nitrogen and oxygen atoms in total. The number of nitrogens with one attached hydrogen (secondary N) is 1. The fourth-order valence-corrected chi connectivity index (χ4v) is 4.30. The van der Waals surface area contributed by atoms with Crippen LogP contribution in [0.1, 0.15) is 25.1 Å². The van der Waals surface area contributed by atoms with Gasteiger partial charge in [-0.3, -0.25) is 4.57 Å². The number of imidazole rings is 2. The van der Waals surface area contributed by atoms with Gasteiger partial charge in [0.15, 0.2) is 17.3 Å². The quantitative estimate of drug-likeness (QED) is 0.572. The van der Waals surface area contributed by atoms with E-state index < -0.39 is 6.43 Å². The molecular weight excluding hydrogens is 380 g/mol. The largest absolute Gasteiger partial charge is 0.371 e. The number of aromatic nitrogens is 6. The molecule has 0 saturated carbocycles. The summed E-state index contributed by atoms with van der Waals surface area (Å²) in [5.41, 5.74) is 1.97. The van der Waals surface area contributed by atoms with Crippen LogP contribution in [0.5, 0.6) is 0 Å². The number of alkyl halides is 2. The van der Waals surface area contributed by atoms with Crippen LogP contribution in [-0.2, 0) is 4.74 Å². The van der Waals surface area contributed by atoms with Crippen molar-refractivity contribution in [2.24, 2.45) is 0 Å². The van der Waals surface area contributed by atoms with Gasteiger partial charge in [0.25, 0.3) is 6.43 Å². The maximum Gasteiger partial charge on any atom is 0.296 e. The standard InChI is InChI=1S/C19H17F2N7O/c20-15(21)18-24-12-3-1-2-4-13(12)28(18)17-14-16(23-9-22-14)25-19(26-17)27-7-10-5-6-11(8-27)29-10/h1-4,9-11,15H,5-8H2,(H,22,23,25,26). The lowest BCUT2D eigenvalue weighted by molar-refractivity contribution is 0.0299. The molecule has 2 fully saturated rings. The summed E-state index contributed by atoms with van der Waals surface area (Å²) < 4.78 is 35.0. The molecular formula is C19H17F2N7O. The molecule has 4 aromatic rings. The van der Waals surface area contributed by atoms with Gasteiger partial charge >= 0.3 is 0 Å². The van der Waals surface area contributed by atoms with Crippen LogP contribution in [0.3, 0.4) is 0 Å². The van der Waals surface area contributed by atoms with E-state index in [1.165, 1.54) is 10.9 Å². The highest BCUT2D eigenvalue weighted by atomic mass is 19.3. The van der Waals surface area contributed by atoms with Crippen molar-refractivity contribution in [3.8, 4) is 5.82 Å². The zero-order chi connectivity index (χ0) is 19.5. The van der Waals surface area contributed by atoms with Gasteiger partial charge < -0.3 is 14.6 Å². The molecule has 148 valence electrons. The SMILES string of the molecule is FC(F)c1nc2ccccc2n1-c1nc(N2CC3CCC(C2)O3)nc2nc[nH]c12. The number of benzene rings is 1. The molecule has 0 aliphatic carbocycles. The number of hydrogen-bond donors (Lipinski definition) is 1. The van der Waals surface area contributed by atoms with Gasteiger partial charge in [0.05, 0.1) is 29.6 Å². The van der Waals surface area contributed by atoms with Crippen LogP contribution >= 0.6 is 0 Å². The molecule has 3 aromatic heterocycles. The molecule has 1 aromatic carbocycles. The number of hydrogen-bond acceptors (Lipinski definition) is 6. The summed E-state index contributed by atoms with van der Waals surface area (Å²) in [4.78, 5) is 22.7. The third kappa shape index (κ3) is 2.59. The average Bonchev–Trinajstić information content (AvgIpc) is 3.43. The molecule has 10 heteroatoms. The molecule has 2 saturated heterocycles. The van der Waals surface area contributed by atoms with Crippen molar-refractivity contribution >= 4 is 28.1 Å². The smallest absolute Gasteiger partial charge is 0.296 e. The summed E-state index contributed by atoms with van der Waals surface area (Å²) in [6, 6.07) is 7.04. The number of morpholine rings is 1. The Hall–Kier alpha value is -3.14. The van der Waals surface area contributed by atoms with E-state index in [1.54, 1.807) is 24.3 Å². The minimum atomic E-state index is -2.75. The van der Waals surface area contributed by atoms with E-state index >= 15 is 0 Å². The lowest BCUT2D eigenvalue weighted by Crippen LogP contribution is -2.43. The molecule has 29 heavy (non-hydrogen) atoms. The Labute approximate surface area is 163 Å². The number of ether oxygens (including phenoxy) is 1. The third-order valence-electron chi connectivity index (χ3n) is 5.57. The van der Waals surface area contributed by atoms with E-state index in [0.29, 0.717) is 47.1 Å². The average molecular weight is 397 g/mol. The van der Waals surface area contributed by atoms with Gasteiger partial charge in [0, 0.05) is 13.1 Å². The molecule has 1 N–H and O–H groups in total. The van der Waals surface area contributed by atoms with Crippen LogP contribution in [-0.4, -0.2) is 54.8 Å². The highest BCUT2D eigenvalue weighted by Gasteiger charge is 2.35. The summed E-state index contributed by atoms with van der Waals surface area (Å²) in [5, 5.41) is 0. The minimum absolute atomic E-state index is 0.154. The van der Waals surface area contributed by atoms with Gasteiger partial charge in [-0.05, 0) is 25.0 Å². The number of halogens is 2. The Morgan fingerprint density at radius 2 is 1.86 bits per heavy atom. The van der Waals surface area contributed by atoms with E-state index in [1.807, 2.05) is 0 Å². The van der Waals surface area contributed by atoms with E-state index in [0.717, 1.165) is 12.8 Å². The highest BCUT2D eigenvalue weighted by molar-refractivity contribution is 5.85. The molecule has 2 unspecified atom stereocenters. The van der Waals surface area contributed by atoms with Crippen LogP contribution in [0.4, 0.5) is 14.7 Å². The first-order valence-corrected chi connectivity index (χ1v) is 9.55. The lowest BCUT2D eigenvalue weighted by atomic mass is 10.2. The molecule has 0 spiro atoms. The molecule has 2 aliphatic rings. The first kappa shape index (κ1) is 16.8. The molecule has 0 amide bonds. The van der Waals surface area contributed by atoms with Gasteiger partial charge in [0.1, 0.15) is 5.52 Å². The molecule has 2 bridgehead atoms. The van der Waals surface area contributed by atoms with Crippen molar-refractivity contribution in [2.45, 2.75) is 31.5 Å². The van der Waals surface area contributed by atoms with Gasteiger partial charge in [-0.1, -0.05) is 12.1 Å². The van der Waals surface area contributed by atoms with E-state index in [4.69, 9.17) is 9.72 Å². The number of aromatic amines is 1. The van der Waals surface area contributed by atoms with Gasteiger partial charge in [0.2, 0.25) is 5.95 Å². The van der Waals surface area contributed by atoms with Crippen molar-refractivity contribution in [1.29, 1.82) is 0 Å². The second kappa shape index (κ2) is 6.18. The Morgan fingerprint density at radius 1 is 1.07 bits per heavy atom. The van der Waals surface area contributed by atoms with Gasteiger partial charge in [-0.25, -0.2) is 18.7 Å². The number of anilines is 1. The number of fused-ring (bicyclic) bond motifs is 4. The summed E-state index contributed by atoms with van der Waals surface area (Å²) in [5.74, 6) is 0.442. The second-order valence-corrected chi connectivity index (χ2v) is 7.41. The molecule has 5 heterocycles. The maximum atomic E-state index is 13.9. The predicted octanol–water partition coefficient (Wildman–Crippen LogP) is 3.00. The Morgan fingerprint density at radius 3 is 2.66 bits per heavy atom. The monoisotopic (exact) mass is 397 g/mol. The fraction of sp³-hybridized carbons (Fsp3) is 0.368. The van der Waals surface area contributed by atoms with Crippen LogP contribution < -0.4 is 4.90 Å². The Bertz CT molecular complexity index is 1210. The Kier molecular flexibility index (Phi) is 3.58. The fourth-order valence-electron chi connectivity index (χ4n) is 4.30. The highest BCUT2D eigenvalue weighted by Crippen LogP contribution is 2.32. The van der Waals surface area contributed by atoms with Gasteiger partial charge in [-0.2, -0.15) is 9.97 Å². The first-order chi connectivity index (χ1) is 14.2. The molecule has 6 rings (SSSR count). The summed E-state index contributed by atoms with van der Waals surface area (Å²) in [7, 11) is 0. The minimum Gasteiger partial charge on any atom is -0.371 e. The zero-order valence-corrected chi connectivity index (χ0v) is 15.3. The second-order valence-electron chi connectivity index (χ2n) is 7.41. The lowest BCUT2D eigenvalue weighted by Gasteiger charge is -2.32. The third-order valence-corrected chi connectivity index (χ3v) is 5.57. The Balaban J connectivity index is 1.58. The summed E-state index contributed by atoms with van der Waals surface area (Å²) >= 11 is 0. The molecule has 2 aliphatic heterocycles. The van der Waals surface area contributed by atoms with Crippen LogP contribution in [0, 0.1) is 0 Å². The number of para-hydroxylation sites is 2. The van der Waals surface area contributed by atoms with Crippen LogP contribution in [0.15, 0.2) is 30.6 Å². The first-order valence-electron chi connectivity index (χ1n) is 9.55. The maximum absolute atomic E-state index is 13.9. The van der Waals surface area contributed by atoms with E-state index in [-0.39, 0.29) is 18.0 Å². The predicted molar refractivity (Wildman–Crippen MR) is 101 cm³/mol. The topological polar surface area (TPSA) is 84.8 Å². The number of nitrogens with zero attached hydrogens (tertiary/aromatic N) is 6. The normalized spacial score (nSPS) is 21.7. The van der Waals surface area contributed by atoms with Crippen LogP contribution in [0.25, 0.3) is 28.0 Å². The van der Waals surface area contributed by atoms with E-state index in [2.05, 4.69) is 24.8 Å². The molecule has 2 atom stereocenters. The van der Waals surface area contributed by atoms with Crippen molar-refractivity contribution < 1.29 is 13.5 Å². The van der Waals surface area contributed by atoms with Crippen molar-refractivity contribution in [1.82, 2.24) is 29.5 Å².